The molecule has 0 saturated heterocycles. The Labute approximate surface area is 493 Å². The third-order valence-electron chi connectivity index (χ3n) is 18.2. The third-order valence-corrected chi connectivity index (χ3v) is 18.2. The monoisotopic (exact) mass is 1080 g/mol. The van der Waals surface area contributed by atoms with Crippen molar-refractivity contribution in [1.29, 1.82) is 0 Å². The van der Waals surface area contributed by atoms with Gasteiger partial charge in [-0.05, 0) is 183 Å². The topological polar surface area (TPSA) is 18.0 Å². The number of anilines is 3. The van der Waals surface area contributed by atoms with Gasteiger partial charge in [0.15, 0.2) is 0 Å². The Hall–Kier alpha value is -10.9. The molecule has 0 fully saturated rings. The van der Waals surface area contributed by atoms with Crippen molar-refractivity contribution in [1.82, 2.24) is 13.7 Å². The summed E-state index contributed by atoms with van der Waals surface area (Å²) in [5.74, 6) is 0. The summed E-state index contributed by atoms with van der Waals surface area (Å²) < 4.78 is 7.16. The number of fused-ring (bicyclic) bond motifs is 12. The molecule has 1 aliphatic carbocycles. The number of hydrogen-bond acceptors (Lipinski definition) is 1. The molecule has 0 atom stereocenters. The highest BCUT2D eigenvalue weighted by atomic mass is 15.1. The third kappa shape index (κ3) is 7.69. The summed E-state index contributed by atoms with van der Waals surface area (Å²) in [4.78, 5) is 2.43. The molecule has 0 bridgehead atoms. The van der Waals surface area contributed by atoms with Gasteiger partial charge in [-0.25, -0.2) is 0 Å². The van der Waals surface area contributed by atoms with E-state index in [1.165, 1.54) is 132 Å². The SMILES string of the molecule is CC1(C)c2cc(-c3ccc4c(c3)c3ccccc3n4-c3ccccc3)ccc2-c2ccc(N(c3ccc(-c4ccc(-c5ccc6c(c5)c5ccccc5n6-c5ccccc5)cc4)cc3)c3ccc(-n4c5ccccc5c5ccccc54)cc3)cc21. The van der Waals surface area contributed by atoms with Crippen molar-refractivity contribution in [2.24, 2.45) is 0 Å². The molecular formula is C81H56N4. The average molecular weight is 1090 g/mol. The second-order valence-corrected chi connectivity index (χ2v) is 23.3. The zero-order valence-corrected chi connectivity index (χ0v) is 47.2. The Morgan fingerprint density at radius 3 is 1.02 bits per heavy atom. The minimum atomic E-state index is -0.265. The number of nitrogens with zero attached hydrogens (tertiary/aromatic N) is 4. The lowest BCUT2D eigenvalue weighted by Gasteiger charge is -2.28. The minimum Gasteiger partial charge on any atom is -0.310 e. The van der Waals surface area contributed by atoms with E-state index in [1.807, 2.05) is 0 Å². The first-order chi connectivity index (χ1) is 41.9. The molecule has 1 aliphatic rings. The second-order valence-electron chi connectivity index (χ2n) is 23.3. The zero-order valence-electron chi connectivity index (χ0n) is 47.2. The van der Waals surface area contributed by atoms with Gasteiger partial charge in [-0.2, -0.15) is 0 Å². The Morgan fingerprint density at radius 1 is 0.235 bits per heavy atom. The van der Waals surface area contributed by atoms with Gasteiger partial charge in [0.05, 0.1) is 33.1 Å². The molecule has 0 spiro atoms. The molecule has 3 heterocycles. The highest BCUT2D eigenvalue weighted by molar-refractivity contribution is 6.12. The number of para-hydroxylation sites is 6. The van der Waals surface area contributed by atoms with Crippen LogP contribution in [0.3, 0.4) is 0 Å². The van der Waals surface area contributed by atoms with Gasteiger partial charge in [-0.15, -0.1) is 0 Å². The van der Waals surface area contributed by atoms with Crippen molar-refractivity contribution in [3.63, 3.8) is 0 Å². The number of aromatic nitrogens is 3. The van der Waals surface area contributed by atoms with Gasteiger partial charge in [0, 0.05) is 71.9 Å². The van der Waals surface area contributed by atoms with Crippen molar-refractivity contribution in [3.8, 4) is 61.6 Å². The highest BCUT2D eigenvalue weighted by Gasteiger charge is 2.36. The average Bonchev–Trinajstić information content (AvgIpc) is 3.81. The van der Waals surface area contributed by atoms with Gasteiger partial charge in [-0.1, -0.05) is 190 Å². The molecule has 16 aromatic rings. The molecule has 17 rings (SSSR count). The van der Waals surface area contributed by atoms with E-state index in [4.69, 9.17) is 0 Å². The Kier molecular flexibility index (Phi) is 10.9. The Bertz CT molecular complexity index is 5240. The predicted octanol–water partition coefficient (Wildman–Crippen LogP) is 21.8. The summed E-state index contributed by atoms with van der Waals surface area (Å²) in [7, 11) is 0. The van der Waals surface area contributed by atoms with E-state index >= 15 is 0 Å². The van der Waals surface area contributed by atoms with Crippen molar-refractivity contribution in [3.05, 3.63) is 314 Å². The number of rotatable bonds is 9. The standard InChI is InChI=1S/C81H56N4/c1-81(2)73-51-58(57-37-48-80-72(50-57)70-24-12-16-28-78(70)84(80)60-19-7-4-8-20-60)35-45-65(73)66-46-44-64(52-74(66)81)82(62-40-42-63(43-41-62)85-75-25-13-9-21-67(75)68-22-10-14-26-76(68)85)61-38-33-54(34-39-61)53-29-31-55(32-30-53)56-36-47-79-71(49-56)69-23-11-15-27-77(69)83(79)59-17-5-3-6-18-59/h3-52H,1-2H3. The fraction of sp³-hybridized carbons (Fsp3) is 0.0370. The van der Waals surface area contributed by atoms with Crippen molar-refractivity contribution in [2.75, 3.05) is 4.90 Å². The van der Waals surface area contributed by atoms with Crippen LogP contribution in [-0.2, 0) is 5.41 Å². The fourth-order valence-electron chi connectivity index (χ4n) is 14.1. The van der Waals surface area contributed by atoms with Crippen LogP contribution in [0.2, 0.25) is 0 Å². The summed E-state index contributed by atoms with van der Waals surface area (Å²) >= 11 is 0. The van der Waals surface area contributed by atoms with E-state index in [2.05, 4.69) is 336 Å². The maximum absolute atomic E-state index is 2.45. The molecule has 0 saturated carbocycles. The smallest absolute Gasteiger partial charge is 0.0541 e. The Balaban J connectivity index is 0.726. The quantitative estimate of drug-likeness (QED) is 0.141. The highest BCUT2D eigenvalue weighted by Crippen LogP contribution is 2.52. The van der Waals surface area contributed by atoms with Crippen molar-refractivity contribution >= 4 is 82.5 Å². The number of benzene rings is 13. The molecule has 0 N–H and O–H groups in total. The van der Waals surface area contributed by atoms with E-state index in [-0.39, 0.29) is 5.41 Å². The van der Waals surface area contributed by atoms with Gasteiger partial charge < -0.3 is 18.6 Å². The lowest BCUT2D eigenvalue weighted by atomic mass is 9.81. The predicted molar refractivity (Wildman–Crippen MR) is 358 cm³/mol. The van der Waals surface area contributed by atoms with Crippen molar-refractivity contribution < 1.29 is 0 Å². The molecule has 4 nitrogen and oxygen atoms in total. The molecule has 3 aromatic heterocycles. The molecule has 0 unspecified atom stereocenters. The summed E-state index contributed by atoms with van der Waals surface area (Å²) in [6.07, 6.45) is 0. The second kappa shape index (κ2) is 19.1. The zero-order chi connectivity index (χ0) is 56.3. The minimum absolute atomic E-state index is 0.265. The molecule has 4 heteroatoms. The molecule has 85 heavy (non-hydrogen) atoms. The first-order valence-electron chi connectivity index (χ1n) is 29.5. The molecule has 0 radical (unpaired) electrons. The largest absolute Gasteiger partial charge is 0.310 e. The van der Waals surface area contributed by atoms with Gasteiger partial charge >= 0.3 is 0 Å². The van der Waals surface area contributed by atoms with Crippen LogP contribution in [-0.4, -0.2) is 13.7 Å². The van der Waals surface area contributed by atoms with Crippen LogP contribution >= 0.6 is 0 Å². The molecule has 13 aromatic carbocycles. The van der Waals surface area contributed by atoms with Crippen LogP contribution in [0.5, 0.6) is 0 Å². The lowest BCUT2D eigenvalue weighted by molar-refractivity contribution is 0.660. The van der Waals surface area contributed by atoms with Crippen LogP contribution in [0.4, 0.5) is 17.1 Å². The fourth-order valence-corrected chi connectivity index (χ4v) is 14.1. The summed E-state index contributed by atoms with van der Waals surface area (Å²) in [5.41, 5.74) is 26.2. The first-order valence-corrected chi connectivity index (χ1v) is 29.5. The Morgan fingerprint density at radius 2 is 0.541 bits per heavy atom. The van der Waals surface area contributed by atoms with E-state index in [9.17, 15) is 0 Å². The molecule has 0 aliphatic heterocycles. The van der Waals surface area contributed by atoms with Gasteiger partial charge in [-0.3, -0.25) is 0 Å². The van der Waals surface area contributed by atoms with E-state index < -0.39 is 0 Å². The maximum Gasteiger partial charge on any atom is 0.0541 e. The molecule has 400 valence electrons. The first kappa shape index (κ1) is 48.7. The summed E-state index contributed by atoms with van der Waals surface area (Å²) in [6.45, 7) is 4.80. The van der Waals surface area contributed by atoms with Crippen LogP contribution < -0.4 is 4.90 Å². The van der Waals surface area contributed by atoms with Crippen LogP contribution in [0, 0.1) is 0 Å². The maximum atomic E-state index is 2.45. The number of hydrogen-bond donors (Lipinski definition) is 0. The van der Waals surface area contributed by atoms with Crippen LogP contribution in [0.1, 0.15) is 25.0 Å². The normalized spacial score (nSPS) is 12.7. The van der Waals surface area contributed by atoms with Crippen molar-refractivity contribution in [2.45, 2.75) is 19.3 Å². The van der Waals surface area contributed by atoms with E-state index in [1.54, 1.807) is 0 Å². The van der Waals surface area contributed by atoms with E-state index in [0.29, 0.717) is 0 Å². The summed E-state index contributed by atoms with van der Waals surface area (Å²) in [5, 5.41) is 7.53. The van der Waals surface area contributed by atoms with Gasteiger partial charge in [0.25, 0.3) is 0 Å². The van der Waals surface area contributed by atoms with E-state index in [0.717, 1.165) is 22.7 Å². The lowest BCUT2D eigenvalue weighted by Crippen LogP contribution is -2.16. The van der Waals surface area contributed by atoms with Crippen LogP contribution in [0.25, 0.3) is 127 Å². The van der Waals surface area contributed by atoms with Gasteiger partial charge in [0.1, 0.15) is 0 Å². The van der Waals surface area contributed by atoms with Gasteiger partial charge in [0.2, 0.25) is 0 Å². The molecular weight excluding hydrogens is 1030 g/mol. The van der Waals surface area contributed by atoms with Crippen LogP contribution in [0.15, 0.2) is 303 Å². The molecule has 0 amide bonds. The summed E-state index contributed by atoms with van der Waals surface area (Å²) in [6, 6.07) is 112.